The predicted octanol–water partition coefficient (Wildman–Crippen LogP) is 0.0987. The summed E-state index contributed by atoms with van der Waals surface area (Å²) in [6, 6.07) is 7.45. The van der Waals surface area contributed by atoms with Crippen molar-refractivity contribution in [2.24, 2.45) is 5.92 Å². The first-order valence-electron chi connectivity index (χ1n) is 9.33. The molecule has 148 valence electrons. The smallest absolute Gasteiger partial charge is 0.226 e. The Bertz CT molecular complexity index is 824. The number of carbonyl (C=O) groups excluding carboxylic acids is 2. The van der Waals surface area contributed by atoms with E-state index < -0.39 is 21.8 Å². The summed E-state index contributed by atoms with van der Waals surface area (Å²) >= 11 is 0. The lowest BCUT2D eigenvalue weighted by atomic mass is 10.0. The highest BCUT2D eigenvalue weighted by molar-refractivity contribution is 7.91. The average Bonchev–Trinajstić information content (AvgIpc) is 3.11. The van der Waals surface area contributed by atoms with E-state index in [1.807, 2.05) is 12.1 Å². The van der Waals surface area contributed by atoms with Crippen molar-refractivity contribution in [1.82, 2.24) is 15.5 Å². The van der Waals surface area contributed by atoms with Crippen molar-refractivity contribution >= 4 is 21.7 Å². The van der Waals surface area contributed by atoms with Crippen molar-refractivity contribution in [3.05, 3.63) is 35.4 Å². The fourth-order valence-corrected chi connectivity index (χ4v) is 5.75. The Labute approximate surface area is 160 Å². The van der Waals surface area contributed by atoms with Gasteiger partial charge in [-0.1, -0.05) is 31.2 Å². The minimum atomic E-state index is -3.26. The van der Waals surface area contributed by atoms with Crippen LogP contribution in [0.5, 0.6) is 0 Å². The van der Waals surface area contributed by atoms with Crippen LogP contribution in [0.25, 0.3) is 0 Å². The molecule has 8 heteroatoms. The molecule has 1 unspecified atom stereocenters. The Morgan fingerprint density at radius 1 is 1.26 bits per heavy atom. The molecule has 2 amide bonds. The fraction of sp³-hybridized carbons (Fsp3) is 0.579. The molecule has 0 bridgehead atoms. The van der Waals surface area contributed by atoms with Crippen LogP contribution in [0.2, 0.25) is 0 Å². The Hall–Kier alpha value is -1.93. The summed E-state index contributed by atoms with van der Waals surface area (Å²) in [5.41, 5.74) is 2.29. The lowest BCUT2D eigenvalue weighted by Crippen LogP contribution is -2.47. The standard InChI is InChI=1S/C19H27N3O4S/c1-3-13-5-4-6-14(7-13)9-20-17-12-27(25,26)11-16(17)19(24)21-15-8-18(23)22(2)10-15/h4-7,15-17,20H,3,8-12H2,1-2H3,(H,21,24)/t15?,16-,17-/m1/s1. The van der Waals surface area contributed by atoms with Gasteiger partial charge in [0, 0.05) is 32.6 Å². The lowest BCUT2D eigenvalue weighted by molar-refractivity contribution is -0.126. The second-order valence-electron chi connectivity index (χ2n) is 7.53. The zero-order chi connectivity index (χ0) is 19.6. The number of nitrogens with one attached hydrogen (secondary N) is 2. The summed E-state index contributed by atoms with van der Waals surface area (Å²) in [6.45, 7) is 3.07. The van der Waals surface area contributed by atoms with Gasteiger partial charge in [-0.05, 0) is 17.5 Å². The van der Waals surface area contributed by atoms with E-state index in [0.717, 1.165) is 12.0 Å². The van der Waals surface area contributed by atoms with Gasteiger partial charge < -0.3 is 15.5 Å². The molecule has 27 heavy (non-hydrogen) atoms. The van der Waals surface area contributed by atoms with E-state index in [1.165, 1.54) is 5.56 Å². The van der Waals surface area contributed by atoms with Crippen molar-refractivity contribution in [1.29, 1.82) is 0 Å². The maximum atomic E-state index is 12.7. The predicted molar refractivity (Wildman–Crippen MR) is 103 cm³/mol. The van der Waals surface area contributed by atoms with Gasteiger partial charge in [0.15, 0.2) is 9.84 Å². The van der Waals surface area contributed by atoms with Crippen LogP contribution in [0.15, 0.2) is 24.3 Å². The first-order valence-corrected chi connectivity index (χ1v) is 11.2. The third kappa shape index (κ3) is 4.87. The molecule has 0 aromatic heterocycles. The second kappa shape index (κ2) is 7.98. The largest absolute Gasteiger partial charge is 0.351 e. The van der Waals surface area contributed by atoms with Gasteiger partial charge in [0.1, 0.15) is 0 Å². The normalized spacial score (nSPS) is 27.1. The van der Waals surface area contributed by atoms with Gasteiger partial charge in [-0.3, -0.25) is 9.59 Å². The Balaban J connectivity index is 1.63. The number of aryl methyl sites for hydroxylation is 1. The van der Waals surface area contributed by atoms with E-state index in [0.29, 0.717) is 13.1 Å². The number of rotatable bonds is 6. The zero-order valence-electron chi connectivity index (χ0n) is 15.8. The van der Waals surface area contributed by atoms with E-state index in [2.05, 4.69) is 29.7 Å². The maximum Gasteiger partial charge on any atom is 0.226 e. The molecule has 1 aromatic rings. The van der Waals surface area contributed by atoms with Crippen LogP contribution in [0.3, 0.4) is 0 Å². The van der Waals surface area contributed by atoms with Crippen LogP contribution in [0, 0.1) is 5.92 Å². The van der Waals surface area contributed by atoms with Crippen molar-refractivity contribution < 1.29 is 18.0 Å². The summed E-state index contributed by atoms with van der Waals surface area (Å²) in [6.07, 6.45) is 1.20. The number of nitrogens with zero attached hydrogens (tertiary/aromatic N) is 1. The molecule has 0 radical (unpaired) electrons. The number of sulfone groups is 1. The highest BCUT2D eigenvalue weighted by Gasteiger charge is 2.42. The summed E-state index contributed by atoms with van der Waals surface area (Å²) in [4.78, 5) is 25.9. The van der Waals surface area contributed by atoms with E-state index in [-0.39, 0.29) is 35.8 Å². The number of amides is 2. The van der Waals surface area contributed by atoms with Crippen LogP contribution in [0.1, 0.15) is 24.5 Å². The third-order valence-electron chi connectivity index (χ3n) is 5.34. The SMILES string of the molecule is CCc1cccc(CN[C@@H]2CS(=O)(=O)C[C@H]2C(=O)NC2CC(=O)N(C)C2)c1. The molecule has 0 aliphatic carbocycles. The van der Waals surface area contributed by atoms with E-state index in [9.17, 15) is 18.0 Å². The lowest BCUT2D eigenvalue weighted by Gasteiger charge is -2.21. The number of hydrogen-bond acceptors (Lipinski definition) is 5. The van der Waals surface area contributed by atoms with Gasteiger partial charge in [0.2, 0.25) is 11.8 Å². The number of carbonyl (C=O) groups is 2. The van der Waals surface area contributed by atoms with Gasteiger partial charge in [-0.2, -0.15) is 0 Å². The quantitative estimate of drug-likeness (QED) is 0.715. The highest BCUT2D eigenvalue weighted by atomic mass is 32.2. The van der Waals surface area contributed by atoms with E-state index in [1.54, 1.807) is 11.9 Å². The topological polar surface area (TPSA) is 95.6 Å². The minimum Gasteiger partial charge on any atom is -0.351 e. The van der Waals surface area contributed by atoms with Crippen LogP contribution >= 0.6 is 0 Å². The average molecular weight is 394 g/mol. The van der Waals surface area contributed by atoms with Gasteiger partial charge >= 0.3 is 0 Å². The molecular formula is C19H27N3O4S. The maximum absolute atomic E-state index is 12.7. The van der Waals surface area contributed by atoms with E-state index in [4.69, 9.17) is 0 Å². The molecule has 1 aromatic carbocycles. The number of benzene rings is 1. The first kappa shape index (κ1) is 19.8. The van der Waals surface area contributed by atoms with Gasteiger partial charge in [0.25, 0.3) is 0 Å². The first-order chi connectivity index (χ1) is 12.8. The van der Waals surface area contributed by atoms with Crippen molar-refractivity contribution in [2.75, 3.05) is 25.1 Å². The van der Waals surface area contributed by atoms with Crippen molar-refractivity contribution in [3.8, 4) is 0 Å². The molecule has 7 nitrogen and oxygen atoms in total. The Morgan fingerprint density at radius 2 is 2.00 bits per heavy atom. The molecule has 2 saturated heterocycles. The Morgan fingerprint density at radius 3 is 2.67 bits per heavy atom. The van der Waals surface area contributed by atoms with Crippen LogP contribution in [-0.4, -0.2) is 62.3 Å². The molecular weight excluding hydrogens is 366 g/mol. The minimum absolute atomic E-state index is 0.00942. The van der Waals surface area contributed by atoms with Crippen molar-refractivity contribution in [3.63, 3.8) is 0 Å². The van der Waals surface area contributed by atoms with Crippen LogP contribution < -0.4 is 10.6 Å². The monoisotopic (exact) mass is 393 g/mol. The van der Waals surface area contributed by atoms with Crippen LogP contribution in [-0.2, 0) is 32.4 Å². The summed E-state index contributed by atoms with van der Waals surface area (Å²) in [7, 11) is -1.56. The highest BCUT2D eigenvalue weighted by Crippen LogP contribution is 2.21. The third-order valence-corrected chi connectivity index (χ3v) is 7.08. The molecule has 0 saturated carbocycles. The van der Waals surface area contributed by atoms with E-state index >= 15 is 0 Å². The molecule has 0 spiro atoms. The fourth-order valence-electron chi connectivity index (χ4n) is 3.78. The number of hydrogen-bond donors (Lipinski definition) is 2. The molecule has 2 N–H and O–H groups in total. The molecule has 2 fully saturated rings. The van der Waals surface area contributed by atoms with Gasteiger partial charge in [-0.25, -0.2) is 8.42 Å². The molecule has 3 rings (SSSR count). The molecule has 3 atom stereocenters. The number of likely N-dealkylation sites (N-methyl/N-ethyl adjacent to an activating group) is 1. The summed E-state index contributed by atoms with van der Waals surface area (Å²) in [5.74, 6) is -1.12. The summed E-state index contributed by atoms with van der Waals surface area (Å²) in [5, 5.41) is 6.12. The van der Waals surface area contributed by atoms with Crippen LogP contribution in [0.4, 0.5) is 0 Å². The molecule has 2 heterocycles. The van der Waals surface area contributed by atoms with Gasteiger partial charge in [-0.15, -0.1) is 0 Å². The second-order valence-corrected chi connectivity index (χ2v) is 9.68. The number of likely N-dealkylation sites (tertiary alicyclic amines) is 1. The zero-order valence-corrected chi connectivity index (χ0v) is 16.6. The van der Waals surface area contributed by atoms with Gasteiger partial charge in [0.05, 0.1) is 23.5 Å². The van der Waals surface area contributed by atoms with Crippen molar-refractivity contribution in [2.45, 2.75) is 38.4 Å². The Kier molecular flexibility index (Phi) is 5.86. The summed E-state index contributed by atoms with van der Waals surface area (Å²) < 4.78 is 24.3. The molecule has 2 aliphatic rings. The molecule has 2 aliphatic heterocycles.